The molecule has 6 nitrogen and oxygen atoms in total. The van der Waals surface area contributed by atoms with Crippen molar-refractivity contribution < 1.29 is 17.9 Å². The van der Waals surface area contributed by atoms with Gasteiger partial charge in [0.25, 0.3) is 10.0 Å². The SMILES string of the molecule is CCN1C(=O)C(C)(C)COc2cc(NS(=O)(=O)c3cc(Cl)ccc3Cl)ccc21. The van der Waals surface area contributed by atoms with E-state index >= 15 is 0 Å². The van der Waals surface area contributed by atoms with Crippen LogP contribution < -0.4 is 14.4 Å². The summed E-state index contributed by atoms with van der Waals surface area (Å²) in [5.74, 6) is 0.381. The number of rotatable bonds is 4. The van der Waals surface area contributed by atoms with Gasteiger partial charge in [-0.1, -0.05) is 23.2 Å². The highest BCUT2D eigenvalue weighted by atomic mass is 35.5. The Kier molecular flexibility index (Phi) is 5.53. The maximum Gasteiger partial charge on any atom is 0.263 e. The lowest BCUT2D eigenvalue weighted by Crippen LogP contribution is -2.42. The van der Waals surface area contributed by atoms with Gasteiger partial charge in [0.1, 0.15) is 17.3 Å². The second kappa shape index (κ2) is 7.46. The van der Waals surface area contributed by atoms with Crippen LogP contribution in [0, 0.1) is 5.41 Å². The first kappa shape index (κ1) is 20.8. The van der Waals surface area contributed by atoms with Crippen LogP contribution in [0.5, 0.6) is 5.75 Å². The normalized spacial score (nSPS) is 16.2. The van der Waals surface area contributed by atoms with E-state index in [2.05, 4.69) is 4.72 Å². The third-order valence-corrected chi connectivity index (χ3v) is 6.51. The Morgan fingerprint density at radius 2 is 1.89 bits per heavy atom. The number of fused-ring (bicyclic) bond motifs is 1. The molecule has 0 atom stereocenters. The van der Waals surface area contributed by atoms with Crippen molar-refractivity contribution in [2.24, 2.45) is 5.41 Å². The van der Waals surface area contributed by atoms with Crippen LogP contribution in [0.3, 0.4) is 0 Å². The molecule has 0 aromatic heterocycles. The number of nitrogens with one attached hydrogen (secondary N) is 1. The highest BCUT2D eigenvalue weighted by Gasteiger charge is 2.37. The van der Waals surface area contributed by atoms with Crippen LogP contribution in [0.25, 0.3) is 0 Å². The highest BCUT2D eigenvalue weighted by Crippen LogP contribution is 2.38. The third kappa shape index (κ3) is 3.92. The first-order valence-electron chi connectivity index (χ1n) is 8.62. The first-order valence-corrected chi connectivity index (χ1v) is 10.9. The predicted molar refractivity (Wildman–Crippen MR) is 111 cm³/mol. The molecule has 1 heterocycles. The molecule has 2 aromatic carbocycles. The average molecular weight is 443 g/mol. The van der Waals surface area contributed by atoms with Gasteiger partial charge in [0.2, 0.25) is 5.91 Å². The van der Waals surface area contributed by atoms with Crippen molar-refractivity contribution in [3.63, 3.8) is 0 Å². The van der Waals surface area contributed by atoms with Crippen LogP contribution in [0.4, 0.5) is 11.4 Å². The van der Waals surface area contributed by atoms with Gasteiger partial charge in [0.05, 0.1) is 21.8 Å². The molecule has 28 heavy (non-hydrogen) atoms. The van der Waals surface area contributed by atoms with E-state index in [4.69, 9.17) is 27.9 Å². The number of benzene rings is 2. The molecule has 0 unspecified atom stereocenters. The zero-order chi connectivity index (χ0) is 20.7. The minimum absolute atomic E-state index is 0.0483. The van der Waals surface area contributed by atoms with E-state index in [1.165, 1.54) is 18.2 Å². The zero-order valence-electron chi connectivity index (χ0n) is 15.6. The van der Waals surface area contributed by atoms with Gasteiger partial charge in [0, 0.05) is 17.6 Å². The van der Waals surface area contributed by atoms with E-state index in [0.29, 0.717) is 18.0 Å². The number of hydrogen-bond acceptors (Lipinski definition) is 4. The van der Waals surface area contributed by atoms with E-state index in [1.54, 1.807) is 23.1 Å². The van der Waals surface area contributed by atoms with Crippen molar-refractivity contribution in [1.82, 2.24) is 0 Å². The summed E-state index contributed by atoms with van der Waals surface area (Å²) in [5, 5.41) is 0.321. The summed E-state index contributed by atoms with van der Waals surface area (Å²) in [6.07, 6.45) is 0. The van der Waals surface area contributed by atoms with Crippen molar-refractivity contribution in [3.05, 3.63) is 46.4 Å². The maximum atomic E-state index is 12.7. The fourth-order valence-electron chi connectivity index (χ4n) is 2.92. The molecule has 0 spiro atoms. The average Bonchev–Trinajstić information content (AvgIpc) is 2.72. The molecular weight excluding hydrogens is 423 g/mol. The van der Waals surface area contributed by atoms with E-state index in [9.17, 15) is 13.2 Å². The summed E-state index contributed by atoms with van der Waals surface area (Å²) in [6, 6.07) is 9.01. The number of carbonyl (C=O) groups is 1. The summed E-state index contributed by atoms with van der Waals surface area (Å²) in [7, 11) is -3.96. The second-order valence-electron chi connectivity index (χ2n) is 7.08. The van der Waals surface area contributed by atoms with Gasteiger partial charge in [-0.25, -0.2) is 8.42 Å². The van der Waals surface area contributed by atoms with E-state index < -0.39 is 15.4 Å². The van der Waals surface area contributed by atoms with Crippen LogP contribution in [0.15, 0.2) is 41.3 Å². The van der Waals surface area contributed by atoms with Gasteiger partial charge in [-0.2, -0.15) is 0 Å². The summed E-state index contributed by atoms with van der Waals surface area (Å²) in [4.78, 5) is 14.2. The van der Waals surface area contributed by atoms with Crippen molar-refractivity contribution in [3.8, 4) is 5.75 Å². The summed E-state index contributed by atoms with van der Waals surface area (Å²) >= 11 is 11.9. The number of anilines is 2. The lowest BCUT2D eigenvalue weighted by molar-refractivity contribution is -0.127. The first-order chi connectivity index (χ1) is 13.0. The number of amides is 1. The minimum atomic E-state index is -3.96. The van der Waals surface area contributed by atoms with Gasteiger partial charge in [0.15, 0.2) is 0 Å². The van der Waals surface area contributed by atoms with E-state index in [1.807, 2.05) is 20.8 Å². The summed E-state index contributed by atoms with van der Waals surface area (Å²) in [6.45, 7) is 6.16. The molecule has 2 aromatic rings. The Bertz CT molecular complexity index is 1040. The smallest absolute Gasteiger partial charge is 0.263 e. The summed E-state index contributed by atoms with van der Waals surface area (Å²) in [5.41, 5.74) is 0.197. The lowest BCUT2D eigenvalue weighted by atomic mass is 9.93. The van der Waals surface area contributed by atoms with Crippen LogP contribution >= 0.6 is 23.2 Å². The standard InChI is InChI=1S/C19H20Cl2N2O4S/c1-4-23-15-8-6-13(10-16(15)27-11-19(2,3)18(23)24)22-28(25,26)17-9-12(20)5-7-14(17)21/h5-10,22H,4,11H2,1-3H3. The number of hydrogen-bond donors (Lipinski definition) is 1. The van der Waals surface area contributed by atoms with Gasteiger partial charge < -0.3 is 9.64 Å². The summed E-state index contributed by atoms with van der Waals surface area (Å²) < 4.78 is 33.8. The Labute approximate surface area is 174 Å². The van der Waals surface area contributed by atoms with E-state index in [-0.39, 0.29) is 33.1 Å². The number of carbonyl (C=O) groups excluding carboxylic acids is 1. The molecule has 0 saturated carbocycles. The molecular formula is C19H20Cl2N2O4S. The van der Waals surface area contributed by atoms with Gasteiger partial charge in [-0.05, 0) is 51.1 Å². The van der Waals surface area contributed by atoms with Crippen molar-refractivity contribution >= 4 is 50.5 Å². The molecule has 0 saturated heterocycles. The predicted octanol–water partition coefficient (Wildman–Crippen LogP) is 4.57. The Balaban J connectivity index is 1.98. The van der Waals surface area contributed by atoms with Crippen LogP contribution in [0.1, 0.15) is 20.8 Å². The molecule has 9 heteroatoms. The molecule has 1 amide bonds. The maximum absolute atomic E-state index is 12.7. The molecule has 150 valence electrons. The molecule has 3 rings (SSSR count). The number of nitrogens with zero attached hydrogens (tertiary/aromatic N) is 1. The fourth-order valence-corrected chi connectivity index (χ4v) is 4.73. The van der Waals surface area contributed by atoms with Crippen LogP contribution in [-0.2, 0) is 14.8 Å². The van der Waals surface area contributed by atoms with Crippen LogP contribution in [0.2, 0.25) is 10.0 Å². The monoisotopic (exact) mass is 442 g/mol. The van der Waals surface area contributed by atoms with Gasteiger partial charge >= 0.3 is 0 Å². The molecule has 1 N–H and O–H groups in total. The quantitative estimate of drug-likeness (QED) is 0.752. The van der Waals surface area contributed by atoms with Crippen molar-refractivity contribution in [2.45, 2.75) is 25.7 Å². The molecule has 0 aliphatic carbocycles. The van der Waals surface area contributed by atoms with Gasteiger partial charge in [-0.15, -0.1) is 0 Å². The zero-order valence-corrected chi connectivity index (χ0v) is 18.0. The number of sulfonamides is 1. The third-order valence-electron chi connectivity index (χ3n) is 4.41. The van der Waals surface area contributed by atoms with Crippen molar-refractivity contribution in [2.75, 3.05) is 22.8 Å². The molecule has 0 fully saturated rings. The lowest BCUT2D eigenvalue weighted by Gasteiger charge is -2.26. The van der Waals surface area contributed by atoms with Crippen LogP contribution in [-0.4, -0.2) is 27.5 Å². The fraction of sp³-hybridized carbons (Fsp3) is 0.316. The van der Waals surface area contributed by atoms with E-state index in [0.717, 1.165) is 0 Å². The molecule has 1 aliphatic heterocycles. The molecule has 0 radical (unpaired) electrons. The minimum Gasteiger partial charge on any atom is -0.490 e. The Morgan fingerprint density at radius 1 is 1.18 bits per heavy atom. The second-order valence-corrected chi connectivity index (χ2v) is 9.58. The molecule has 1 aliphatic rings. The molecule has 0 bridgehead atoms. The topological polar surface area (TPSA) is 75.7 Å². The van der Waals surface area contributed by atoms with Crippen molar-refractivity contribution in [1.29, 1.82) is 0 Å². The number of halogens is 2. The highest BCUT2D eigenvalue weighted by molar-refractivity contribution is 7.92. The largest absolute Gasteiger partial charge is 0.490 e. The van der Waals surface area contributed by atoms with Gasteiger partial charge in [-0.3, -0.25) is 9.52 Å². The number of ether oxygens (including phenoxy) is 1. The Hall–Kier alpha value is -1.96. The Morgan fingerprint density at radius 3 is 2.57 bits per heavy atom.